The Labute approximate surface area is 108 Å². The van der Waals surface area contributed by atoms with Crippen LogP contribution in [0.25, 0.3) is 11.0 Å². The van der Waals surface area contributed by atoms with E-state index in [-0.39, 0.29) is 11.9 Å². The van der Waals surface area contributed by atoms with Crippen molar-refractivity contribution in [3.8, 4) is 0 Å². The van der Waals surface area contributed by atoms with Crippen LogP contribution >= 0.6 is 15.9 Å². The van der Waals surface area contributed by atoms with E-state index < -0.39 is 0 Å². The second-order valence-electron chi connectivity index (χ2n) is 4.08. The fourth-order valence-corrected chi connectivity index (χ4v) is 1.90. The van der Waals surface area contributed by atoms with Crippen LogP contribution in [-0.4, -0.2) is 11.9 Å². The summed E-state index contributed by atoms with van der Waals surface area (Å²) in [6, 6.07) is 7.58. The molecule has 2 aromatic rings. The van der Waals surface area contributed by atoms with Crippen molar-refractivity contribution in [2.75, 3.05) is 0 Å². The van der Waals surface area contributed by atoms with Gasteiger partial charge < -0.3 is 9.73 Å². The zero-order valence-corrected chi connectivity index (χ0v) is 11.4. The number of benzene rings is 1. The molecule has 0 radical (unpaired) electrons. The highest BCUT2D eigenvalue weighted by atomic mass is 79.9. The summed E-state index contributed by atoms with van der Waals surface area (Å²) in [4.78, 5) is 11.9. The van der Waals surface area contributed by atoms with Gasteiger partial charge in [0.25, 0.3) is 5.91 Å². The summed E-state index contributed by atoms with van der Waals surface area (Å²) in [6.07, 6.45) is 0.900. The Morgan fingerprint density at radius 2 is 2.24 bits per heavy atom. The maximum Gasteiger partial charge on any atom is 0.287 e. The van der Waals surface area contributed by atoms with Crippen LogP contribution in [0, 0.1) is 0 Å². The predicted octanol–water partition coefficient (Wildman–Crippen LogP) is 3.72. The first-order valence-electron chi connectivity index (χ1n) is 5.60. The van der Waals surface area contributed by atoms with Crippen LogP contribution in [0.2, 0.25) is 0 Å². The van der Waals surface area contributed by atoms with Crippen LogP contribution in [0.3, 0.4) is 0 Å². The standard InChI is InChI=1S/C13H14BrNO2/c1-3-8(2)15-13(16)12-7-9-6-10(14)4-5-11(9)17-12/h4-8H,3H2,1-2H3,(H,15,16)/t8-/m0/s1. The minimum atomic E-state index is -0.160. The van der Waals surface area contributed by atoms with Gasteiger partial charge in [0.1, 0.15) is 5.58 Å². The van der Waals surface area contributed by atoms with Crippen molar-refractivity contribution in [1.29, 1.82) is 0 Å². The Hall–Kier alpha value is -1.29. The summed E-state index contributed by atoms with van der Waals surface area (Å²) in [5, 5.41) is 3.80. The summed E-state index contributed by atoms with van der Waals surface area (Å²) in [7, 11) is 0. The number of hydrogen-bond donors (Lipinski definition) is 1. The molecule has 0 aliphatic heterocycles. The zero-order chi connectivity index (χ0) is 12.4. The number of fused-ring (bicyclic) bond motifs is 1. The van der Waals surface area contributed by atoms with Crippen molar-refractivity contribution in [3.05, 3.63) is 34.5 Å². The highest BCUT2D eigenvalue weighted by molar-refractivity contribution is 9.10. The molecule has 1 heterocycles. The Morgan fingerprint density at radius 1 is 1.47 bits per heavy atom. The van der Waals surface area contributed by atoms with Crippen LogP contribution in [0.4, 0.5) is 0 Å². The first kappa shape index (κ1) is 12.2. The van der Waals surface area contributed by atoms with E-state index in [2.05, 4.69) is 21.2 Å². The molecule has 3 nitrogen and oxygen atoms in total. The van der Waals surface area contributed by atoms with E-state index in [1.54, 1.807) is 6.07 Å². The van der Waals surface area contributed by atoms with Gasteiger partial charge in [-0.3, -0.25) is 4.79 Å². The number of furan rings is 1. The van der Waals surface area contributed by atoms with Crippen molar-refractivity contribution < 1.29 is 9.21 Å². The maximum absolute atomic E-state index is 11.9. The third kappa shape index (κ3) is 2.69. The van der Waals surface area contributed by atoms with E-state index in [1.807, 2.05) is 32.0 Å². The van der Waals surface area contributed by atoms with Crippen LogP contribution in [0.5, 0.6) is 0 Å². The molecule has 0 spiro atoms. The molecule has 0 saturated carbocycles. The third-order valence-electron chi connectivity index (χ3n) is 2.69. The Balaban J connectivity index is 2.27. The van der Waals surface area contributed by atoms with Gasteiger partial charge in [0, 0.05) is 15.9 Å². The number of nitrogens with one attached hydrogen (secondary N) is 1. The van der Waals surface area contributed by atoms with Gasteiger partial charge in [-0.1, -0.05) is 22.9 Å². The van der Waals surface area contributed by atoms with Crippen LogP contribution in [0.15, 0.2) is 33.2 Å². The molecule has 1 atom stereocenters. The quantitative estimate of drug-likeness (QED) is 0.938. The van der Waals surface area contributed by atoms with Crippen molar-refractivity contribution in [2.24, 2.45) is 0 Å². The first-order chi connectivity index (χ1) is 8.10. The summed E-state index contributed by atoms with van der Waals surface area (Å²) in [5.41, 5.74) is 0.725. The van der Waals surface area contributed by atoms with Gasteiger partial charge in [0.05, 0.1) is 0 Å². The number of carbonyl (C=O) groups excluding carboxylic acids is 1. The van der Waals surface area contributed by atoms with Gasteiger partial charge in [-0.2, -0.15) is 0 Å². The molecule has 1 amide bonds. The molecule has 2 rings (SSSR count). The van der Waals surface area contributed by atoms with E-state index in [1.165, 1.54) is 0 Å². The largest absolute Gasteiger partial charge is 0.451 e. The number of halogens is 1. The molecule has 17 heavy (non-hydrogen) atoms. The maximum atomic E-state index is 11.9. The molecule has 1 aromatic heterocycles. The van der Waals surface area contributed by atoms with E-state index >= 15 is 0 Å². The van der Waals surface area contributed by atoms with E-state index in [0.717, 1.165) is 21.9 Å². The van der Waals surface area contributed by atoms with Crippen LogP contribution in [-0.2, 0) is 0 Å². The monoisotopic (exact) mass is 295 g/mol. The number of carbonyl (C=O) groups is 1. The average Bonchev–Trinajstić information content (AvgIpc) is 2.71. The second-order valence-corrected chi connectivity index (χ2v) is 4.99. The van der Waals surface area contributed by atoms with Gasteiger partial charge in [-0.05, 0) is 37.6 Å². The Bertz CT molecular complexity index is 547. The lowest BCUT2D eigenvalue weighted by Crippen LogP contribution is -2.31. The van der Waals surface area contributed by atoms with E-state index in [9.17, 15) is 4.79 Å². The summed E-state index contributed by atoms with van der Waals surface area (Å²) in [5.74, 6) is 0.199. The van der Waals surface area contributed by atoms with Gasteiger partial charge in [-0.15, -0.1) is 0 Å². The summed E-state index contributed by atoms with van der Waals surface area (Å²) < 4.78 is 6.47. The van der Waals surface area contributed by atoms with Crippen molar-refractivity contribution in [3.63, 3.8) is 0 Å². The molecule has 0 saturated heterocycles. The van der Waals surface area contributed by atoms with Gasteiger partial charge >= 0.3 is 0 Å². The number of rotatable bonds is 3. The molecule has 90 valence electrons. The van der Waals surface area contributed by atoms with Crippen LogP contribution in [0.1, 0.15) is 30.8 Å². The number of amides is 1. The predicted molar refractivity (Wildman–Crippen MR) is 71.1 cm³/mol. The lowest BCUT2D eigenvalue weighted by Gasteiger charge is -2.08. The fraction of sp³-hybridized carbons (Fsp3) is 0.308. The molecule has 0 unspecified atom stereocenters. The fourth-order valence-electron chi connectivity index (χ4n) is 1.52. The average molecular weight is 296 g/mol. The smallest absolute Gasteiger partial charge is 0.287 e. The molecule has 4 heteroatoms. The minimum absolute atomic E-state index is 0.155. The molecule has 0 aliphatic carbocycles. The van der Waals surface area contributed by atoms with Crippen molar-refractivity contribution in [1.82, 2.24) is 5.32 Å². The normalized spacial score (nSPS) is 12.6. The summed E-state index contributed by atoms with van der Waals surface area (Å²) in [6.45, 7) is 4.00. The second kappa shape index (κ2) is 4.92. The highest BCUT2D eigenvalue weighted by Crippen LogP contribution is 2.23. The Kier molecular flexibility index (Phi) is 3.52. The molecule has 0 fully saturated rings. The zero-order valence-electron chi connectivity index (χ0n) is 9.79. The SMILES string of the molecule is CC[C@H](C)NC(=O)c1cc2cc(Br)ccc2o1. The van der Waals surface area contributed by atoms with Crippen molar-refractivity contribution in [2.45, 2.75) is 26.3 Å². The molecule has 1 aromatic carbocycles. The van der Waals surface area contributed by atoms with E-state index in [4.69, 9.17) is 4.42 Å². The third-order valence-corrected chi connectivity index (χ3v) is 3.19. The molecule has 0 aliphatic rings. The highest BCUT2D eigenvalue weighted by Gasteiger charge is 2.13. The van der Waals surface area contributed by atoms with E-state index in [0.29, 0.717) is 5.76 Å². The molecule has 0 bridgehead atoms. The van der Waals surface area contributed by atoms with Gasteiger partial charge in [-0.25, -0.2) is 0 Å². The van der Waals surface area contributed by atoms with Gasteiger partial charge in [0.2, 0.25) is 0 Å². The lowest BCUT2D eigenvalue weighted by molar-refractivity contribution is 0.0913. The summed E-state index contributed by atoms with van der Waals surface area (Å²) >= 11 is 3.39. The van der Waals surface area contributed by atoms with Gasteiger partial charge in [0.15, 0.2) is 5.76 Å². The molecular weight excluding hydrogens is 282 g/mol. The number of hydrogen-bond acceptors (Lipinski definition) is 2. The molecule has 1 N–H and O–H groups in total. The topological polar surface area (TPSA) is 42.2 Å². The van der Waals surface area contributed by atoms with Crippen LogP contribution < -0.4 is 5.32 Å². The minimum Gasteiger partial charge on any atom is -0.451 e. The lowest BCUT2D eigenvalue weighted by atomic mass is 10.2. The van der Waals surface area contributed by atoms with Crippen molar-refractivity contribution >= 4 is 32.8 Å². The molecular formula is C13H14BrNO2. The first-order valence-corrected chi connectivity index (χ1v) is 6.39. The Morgan fingerprint density at radius 3 is 2.94 bits per heavy atom.